The van der Waals surface area contributed by atoms with Gasteiger partial charge in [0.15, 0.2) is 0 Å². The molecule has 0 aliphatic heterocycles. The minimum absolute atomic E-state index is 0.236. The average Bonchev–Trinajstić information content (AvgIpc) is 2.41. The first-order valence-electron chi connectivity index (χ1n) is 6.43. The van der Waals surface area contributed by atoms with Crippen molar-refractivity contribution in [3.8, 4) is 0 Å². The van der Waals surface area contributed by atoms with Crippen LogP contribution in [0.2, 0.25) is 0 Å². The molecule has 2 rings (SSSR count). The van der Waals surface area contributed by atoms with Gasteiger partial charge < -0.3 is 10.2 Å². The van der Waals surface area contributed by atoms with Crippen LogP contribution in [-0.4, -0.2) is 14.1 Å². The Bertz CT molecular complexity index is 611. The van der Waals surface area contributed by atoms with Crippen molar-refractivity contribution >= 4 is 27.3 Å². The standard InChI is InChI=1S/C16H18BrFN2/c1-11-8-13(20(2)3)5-7-16(11)19-10-12-4-6-15(18)14(17)9-12/h4-9,19H,10H2,1-3H3. The zero-order valence-electron chi connectivity index (χ0n) is 11.9. The first-order chi connectivity index (χ1) is 9.47. The monoisotopic (exact) mass is 336 g/mol. The van der Waals surface area contributed by atoms with Gasteiger partial charge in [0.2, 0.25) is 0 Å². The summed E-state index contributed by atoms with van der Waals surface area (Å²) in [7, 11) is 4.05. The second-order valence-corrected chi connectivity index (χ2v) is 5.85. The summed E-state index contributed by atoms with van der Waals surface area (Å²) in [6.07, 6.45) is 0. The summed E-state index contributed by atoms with van der Waals surface area (Å²) < 4.78 is 13.7. The van der Waals surface area contributed by atoms with E-state index >= 15 is 0 Å². The van der Waals surface area contributed by atoms with Crippen LogP contribution in [0.4, 0.5) is 15.8 Å². The highest BCUT2D eigenvalue weighted by molar-refractivity contribution is 9.10. The van der Waals surface area contributed by atoms with Gasteiger partial charge >= 0.3 is 0 Å². The van der Waals surface area contributed by atoms with E-state index in [9.17, 15) is 4.39 Å². The molecule has 2 nitrogen and oxygen atoms in total. The summed E-state index contributed by atoms with van der Waals surface area (Å²) in [5.41, 5.74) is 4.50. The molecule has 0 radical (unpaired) electrons. The highest BCUT2D eigenvalue weighted by Crippen LogP contribution is 2.23. The van der Waals surface area contributed by atoms with E-state index in [1.54, 1.807) is 12.1 Å². The molecule has 20 heavy (non-hydrogen) atoms. The Morgan fingerprint density at radius 1 is 1.15 bits per heavy atom. The third kappa shape index (κ3) is 3.51. The topological polar surface area (TPSA) is 15.3 Å². The Morgan fingerprint density at radius 3 is 2.50 bits per heavy atom. The maximum atomic E-state index is 13.2. The molecule has 106 valence electrons. The van der Waals surface area contributed by atoms with Gasteiger partial charge in [0, 0.05) is 32.0 Å². The van der Waals surface area contributed by atoms with Gasteiger partial charge in [0.1, 0.15) is 5.82 Å². The fourth-order valence-electron chi connectivity index (χ4n) is 1.97. The lowest BCUT2D eigenvalue weighted by atomic mass is 10.1. The smallest absolute Gasteiger partial charge is 0.137 e. The van der Waals surface area contributed by atoms with Gasteiger partial charge in [0.05, 0.1) is 4.47 Å². The zero-order valence-corrected chi connectivity index (χ0v) is 13.5. The van der Waals surface area contributed by atoms with Gasteiger partial charge in [-0.15, -0.1) is 0 Å². The maximum absolute atomic E-state index is 13.2. The molecule has 0 saturated heterocycles. The van der Waals surface area contributed by atoms with E-state index < -0.39 is 0 Å². The molecule has 0 atom stereocenters. The quantitative estimate of drug-likeness (QED) is 0.879. The second-order valence-electron chi connectivity index (χ2n) is 5.00. The number of rotatable bonds is 4. The van der Waals surface area contributed by atoms with Crippen LogP contribution in [0.1, 0.15) is 11.1 Å². The van der Waals surface area contributed by atoms with Crippen molar-refractivity contribution in [1.82, 2.24) is 0 Å². The molecule has 0 unspecified atom stereocenters. The van der Waals surface area contributed by atoms with Crippen molar-refractivity contribution < 1.29 is 4.39 Å². The summed E-state index contributed by atoms with van der Waals surface area (Å²) in [4.78, 5) is 2.08. The van der Waals surface area contributed by atoms with Crippen LogP contribution >= 0.6 is 15.9 Å². The molecule has 0 bridgehead atoms. The van der Waals surface area contributed by atoms with Crippen molar-refractivity contribution in [3.63, 3.8) is 0 Å². The molecule has 1 N–H and O–H groups in total. The largest absolute Gasteiger partial charge is 0.381 e. The zero-order chi connectivity index (χ0) is 14.7. The summed E-state index contributed by atoms with van der Waals surface area (Å²) in [5, 5.41) is 3.38. The van der Waals surface area contributed by atoms with Gasteiger partial charge in [-0.3, -0.25) is 0 Å². The summed E-state index contributed by atoms with van der Waals surface area (Å²) >= 11 is 3.20. The molecule has 0 aliphatic carbocycles. The fraction of sp³-hybridized carbons (Fsp3) is 0.250. The molecule has 0 aromatic heterocycles. The van der Waals surface area contributed by atoms with Crippen LogP contribution < -0.4 is 10.2 Å². The molecule has 4 heteroatoms. The second kappa shape index (κ2) is 6.27. The van der Waals surface area contributed by atoms with Gasteiger partial charge in [-0.25, -0.2) is 4.39 Å². The Balaban J connectivity index is 2.09. The summed E-state index contributed by atoms with van der Waals surface area (Å²) in [6, 6.07) is 11.4. The van der Waals surface area contributed by atoms with Crippen LogP contribution in [-0.2, 0) is 6.54 Å². The van der Waals surface area contributed by atoms with Crippen LogP contribution in [0.15, 0.2) is 40.9 Å². The van der Waals surface area contributed by atoms with E-state index in [1.165, 1.54) is 17.3 Å². The lowest BCUT2D eigenvalue weighted by Gasteiger charge is -2.16. The first kappa shape index (κ1) is 14.9. The fourth-order valence-corrected chi connectivity index (χ4v) is 2.40. The molecular formula is C16H18BrFN2. The van der Waals surface area contributed by atoms with E-state index in [4.69, 9.17) is 0 Å². The molecule has 2 aromatic carbocycles. The third-order valence-corrected chi connectivity index (χ3v) is 3.80. The van der Waals surface area contributed by atoms with E-state index in [1.807, 2.05) is 14.1 Å². The van der Waals surface area contributed by atoms with Gasteiger partial charge in [-0.05, 0) is 64.3 Å². The molecule has 0 spiro atoms. The van der Waals surface area contributed by atoms with Crippen molar-refractivity contribution in [2.24, 2.45) is 0 Å². The summed E-state index contributed by atoms with van der Waals surface area (Å²) in [6.45, 7) is 2.75. The van der Waals surface area contributed by atoms with E-state index in [0.717, 1.165) is 11.3 Å². The van der Waals surface area contributed by atoms with Gasteiger partial charge in [-0.1, -0.05) is 6.07 Å². The van der Waals surface area contributed by atoms with Crippen molar-refractivity contribution in [3.05, 3.63) is 57.8 Å². The van der Waals surface area contributed by atoms with Gasteiger partial charge in [0.25, 0.3) is 0 Å². The number of aryl methyl sites for hydroxylation is 1. The Hall–Kier alpha value is -1.55. The minimum Gasteiger partial charge on any atom is -0.381 e. The molecular weight excluding hydrogens is 319 g/mol. The highest BCUT2D eigenvalue weighted by atomic mass is 79.9. The predicted octanol–water partition coefficient (Wildman–Crippen LogP) is 4.57. The highest BCUT2D eigenvalue weighted by Gasteiger charge is 2.03. The van der Waals surface area contributed by atoms with Crippen LogP contribution in [0.3, 0.4) is 0 Å². The summed E-state index contributed by atoms with van der Waals surface area (Å²) in [5.74, 6) is -0.236. The molecule has 0 saturated carbocycles. The molecule has 0 aliphatic rings. The number of benzene rings is 2. The SMILES string of the molecule is Cc1cc(N(C)C)ccc1NCc1ccc(F)c(Br)c1. The number of hydrogen-bond donors (Lipinski definition) is 1. The maximum Gasteiger partial charge on any atom is 0.137 e. The third-order valence-electron chi connectivity index (χ3n) is 3.19. The first-order valence-corrected chi connectivity index (χ1v) is 7.22. The van der Waals surface area contributed by atoms with Crippen molar-refractivity contribution in [1.29, 1.82) is 0 Å². The van der Waals surface area contributed by atoms with Crippen LogP contribution in [0.25, 0.3) is 0 Å². The normalized spacial score (nSPS) is 10.4. The van der Waals surface area contributed by atoms with E-state index in [0.29, 0.717) is 11.0 Å². The van der Waals surface area contributed by atoms with Crippen LogP contribution in [0.5, 0.6) is 0 Å². The number of nitrogens with zero attached hydrogens (tertiary/aromatic N) is 1. The lowest BCUT2D eigenvalue weighted by molar-refractivity contribution is 0.620. The average molecular weight is 337 g/mol. The molecule has 0 heterocycles. The lowest BCUT2D eigenvalue weighted by Crippen LogP contribution is -2.09. The van der Waals surface area contributed by atoms with Crippen LogP contribution in [0, 0.1) is 12.7 Å². The van der Waals surface area contributed by atoms with E-state index in [2.05, 4.69) is 51.3 Å². The molecule has 0 amide bonds. The molecule has 2 aromatic rings. The number of halogens is 2. The number of nitrogens with one attached hydrogen (secondary N) is 1. The Labute approximate surface area is 127 Å². The minimum atomic E-state index is -0.236. The van der Waals surface area contributed by atoms with Crippen molar-refractivity contribution in [2.75, 3.05) is 24.3 Å². The molecule has 0 fully saturated rings. The Kier molecular flexibility index (Phi) is 4.65. The van der Waals surface area contributed by atoms with Crippen molar-refractivity contribution in [2.45, 2.75) is 13.5 Å². The Morgan fingerprint density at radius 2 is 1.90 bits per heavy atom. The van der Waals surface area contributed by atoms with Gasteiger partial charge in [-0.2, -0.15) is 0 Å². The predicted molar refractivity (Wildman–Crippen MR) is 86.9 cm³/mol. The number of hydrogen-bond acceptors (Lipinski definition) is 2. The number of anilines is 2. The van der Waals surface area contributed by atoms with E-state index in [-0.39, 0.29) is 5.82 Å².